The van der Waals surface area contributed by atoms with Crippen LogP contribution in [0.2, 0.25) is 0 Å². The summed E-state index contributed by atoms with van der Waals surface area (Å²) in [4.78, 5) is 13.0. The van der Waals surface area contributed by atoms with Crippen LogP contribution in [0.1, 0.15) is 26.2 Å². The number of alkyl halides is 3. The van der Waals surface area contributed by atoms with Crippen LogP contribution >= 0.6 is 0 Å². The summed E-state index contributed by atoms with van der Waals surface area (Å²) in [6.45, 7) is 2.55. The molecule has 1 saturated carbocycles. The molecule has 2 unspecified atom stereocenters. The molecule has 3 fully saturated rings. The molecule has 3 aliphatic rings. The SMILES string of the molecule is CC(=O)N1CC2CCC(C1)/C(=C\C(F)(F)F)C2. The van der Waals surface area contributed by atoms with Gasteiger partial charge in [0.05, 0.1) is 0 Å². The van der Waals surface area contributed by atoms with Crippen molar-refractivity contribution in [3.8, 4) is 0 Å². The first-order valence-electron chi connectivity index (χ1n) is 5.89. The number of nitrogens with zero attached hydrogens (tertiary/aromatic N) is 1. The van der Waals surface area contributed by atoms with Crippen LogP contribution in [0.25, 0.3) is 0 Å². The number of rotatable bonds is 0. The lowest BCUT2D eigenvalue weighted by molar-refractivity contribution is -0.129. The van der Waals surface area contributed by atoms with E-state index < -0.39 is 6.18 Å². The van der Waals surface area contributed by atoms with Gasteiger partial charge in [0.15, 0.2) is 0 Å². The van der Waals surface area contributed by atoms with Gasteiger partial charge in [-0.2, -0.15) is 13.2 Å². The van der Waals surface area contributed by atoms with Crippen LogP contribution in [0.4, 0.5) is 13.2 Å². The van der Waals surface area contributed by atoms with Gasteiger partial charge in [-0.1, -0.05) is 5.57 Å². The quantitative estimate of drug-likeness (QED) is 0.603. The lowest BCUT2D eigenvalue weighted by Gasteiger charge is -2.25. The van der Waals surface area contributed by atoms with E-state index >= 15 is 0 Å². The fraction of sp³-hybridized carbons (Fsp3) is 0.750. The third-order valence-corrected chi connectivity index (χ3v) is 3.69. The number of amides is 1. The van der Waals surface area contributed by atoms with Crippen molar-refractivity contribution in [2.45, 2.75) is 32.4 Å². The predicted octanol–water partition coefficient (Wildman–Crippen LogP) is 2.75. The maximum Gasteiger partial charge on any atom is 0.409 e. The Bertz CT molecular complexity index is 348. The van der Waals surface area contributed by atoms with Crippen LogP contribution in [0.3, 0.4) is 0 Å². The molecule has 1 amide bonds. The summed E-state index contributed by atoms with van der Waals surface area (Å²) in [7, 11) is 0. The number of hydrogen-bond donors (Lipinski definition) is 0. The van der Waals surface area contributed by atoms with Crippen molar-refractivity contribution in [1.82, 2.24) is 4.90 Å². The Labute approximate surface area is 98.5 Å². The topological polar surface area (TPSA) is 20.3 Å². The molecule has 1 aliphatic carbocycles. The zero-order chi connectivity index (χ0) is 12.6. The van der Waals surface area contributed by atoms with Gasteiger partial charge in [0.25, 0.3) is 0 Å². The number of halogens is 3. The summed E-state index contributed by atoms with van der Waals surface area (Å²) < 4.78 is 37.2. The van der Waals surface area contributed by atoms with Gasteiger partial charge in [-0.15, -0.1) is 0 Å². The molecular formula is C12H16F3NO. The molecule has 0 aromatic rings. The first-order chi connectivity index (χ1) is 7.85. The zero-order valence-electron chi connectivity index (χ0n) is 9.76. The fourth-order valence-electron chi connectivity index (χ4n) is 2.89. The molecule has 2 atom stereocenters. The average Bonchev–Trinajstić information content (AvgIpc) is 2.46. The van der Waals surface area contributed by atoms with Gasteiger partial charge in [0.2, 0.25) is 5.91 Å². The smallest absolute Gasteiger partial charge is 0.342 e. The largest absolute Gasteiger partial charge is 0.409 e. The van der Waals surface area contributed by atoms with Crippen LogP contribution in [0.5, 0.6) is 0 Å². The molecule has 5 heteroatoms. The van der Waals surface area contributed by atoms with E-state index in [9.17, 15) is 18.0 Å². The van der Waals surface area contributed by atoms with Crippen LogP contribution in [0.15, 0.2) is 11.6 Å². The Kier molecular flexibility index (Phi) is 3.19. The fourth-order valence-corrected chi connectivity index (χ4v) is 2.89. The Morgan fingerprint density at radius 2 is 2.06 bits per heavy atom. The van der Waals surface area contributed by atoms with Crippen LogP contribution in [-0.2, 0) is 4.79 Å². The van der Waals surface area contributed by atoms with Crippen molar-refractivity contribution in [2.75, 3.05) is 13.1 Å². The van der Waals surface area contributed by atoms with Gasteiger partial charge in [-0.25, -0.2) is 0 Å². The number of fused-ring (bicyclic) bond motifs is 4. The highest BCUT2D eigenvalue weighted by Gasteiger charge is 2.36. The number of carbonyl (C=O) groups is 1. The third kappa shape index (κ3) is 3.01. The van der Waals surface area contributed by atoms with Crippen molar-refractivity contribution in [3.05, 3.63) is 11.6 Å². The third-order valence-electron chi connectivity index (χ3n) is 3.69. The summed E-state index contributed by atoms with van der Waals surface area (Å²) in [5.74, 6) is 0.0701. The lowest BCUT2D eigenvalue weighted by atomic mass is 9.80. The van der Waals surface area contributed by atoms with Gasteiger partial charge >= 0.3 is 6.18 Å². The van der Waals surface area contributed by atoms with Crippen molar-refractivity contribution in [2.24, 2.45) is 11.8 Å². The minimum absolute atomic E-state index is 0.0323. The molecule has 0 radical (unpaired) electrons. The molecular weight excluding hydrogens is 231 g/mol. The number of allylic oxidation sites excluding steroid dienone is 1. The summed E-state index contributed by atoms with van der Waals surface area (Å²) >= 11 is 0. The number of hydrogen-bond acceptors (Lipinski definition) is 1. The van der Waals surface area contributed by atoms with Crippen LogP contribution in [-0.4, -0.2) is 30.1 Å². The Morgan fingerprint density at radius 1 is 1.35 bits per heavy atom. The molecule has 2 heterocycles. The van der Waals surface area contributed by atoms with Crippen LogP contribution in [0, 0.1) is 11.8 Å². The molecule has 2 nitrogen and oxygen atoms in total. The second-order valence-electron chi connectivity index (χ2n) is 5.03. The van der Waals surface area contributed by atoms with Crippen molar-refractivity contribution in [3.63, 3.8) is 0 Å². The zero-order valence-corrected chi connectivity index (χ0v) is 9.76. The highest BCUT2D eigenvalue weighted by atomic mass is 19.4. The highest BCUT2D eigenvalue weighted by Crippen LogP contribution is 2.39. The van der Waals surface area contributed by atoms with Gasteiger partial charge in [0.1, 0.15) is 0 Å². The van der Waals surface area contributed by atoms with Gasteiger partial charge in [-0.3, -0.25) is 4.79 Å². The van der Waals surface area contributed by atoms with Crippen molar-refractivity contribution < 1.29 is 18.0 Å². The summed E-state index contributed by atoms with van der Waals surface area (Å²) in [6, 6.07) is 0. The van der Waals surface area contributed by atoms with Crippen LogP contribution < -0.4 is 0 Å². The Balaban J connectivity index is 2.20. The molecule has 0 N–H and O–H groups in total. The molecule has 0 spiro atoms. The lowest BCUT2D eigenvalue weighted by Crippen LogP contribution is -2.32. The molecule has 96 valence electrons. The minimum atomic E-state index is -4.24. The highest BCUT2D eigenvalue weighted by molar-refractivity contribution is 5.73. The Hall–Kier alpha value is -1.00. The molecule has 3 rings (SSSR count). The second-order valence-corrected chi connectivity index (χ2v) is 5.03. The van der Waals surface area contributed by atoms with E-state index in [2.05, 4.69) is 0 Å². The van der Waals surface area contributed by atoms with E-state index in [1.165, 1.54) is 6.92 Å². The summed E-state index contributed by atoms with van der Waals surface area (Å²) in [5, 5.41) is 0. The van der Waals surface area contributed by atoms with Gasteiger partial charge in [-0.05, 0) is 31.1 Å². The van der Waals surface area contributed by atoms with E-state index in [0.717, 1.165) is 12.8 Å². The molecule has 0 aromatic heterocycles. The second kappa shape index (κ2) is 4.35. The average molecular weight is 247 g/mol. The molecule has 0 aromatic carbocycles. The van der Waals surface area contributed by atoms with E-state index in [1.807, 2.05) is 0 Å². The molecule has 2 saturated heterocycles. The Morgan fingerprint density at radius 3 is 2.65 bits per heavy atom. The normalized spacial score (nSPS) is 31.8. The number of carbonyl (C=O) groups excluding carboxylic acids is 1. The first kappa shape index (κ1) is 12.5. The molecule has 2 aliphatic heterocycles. The van der Waals surface area contributed by atoms with Crippen molar-refractivity contribution in [1.29, 1.82) is 0 Å². The standard InChI is InChI=1S/C12H16F3NO/c1-8(17)16-6-9-2-3-10(7-16)11(4-9)5-12(13,14)15/h5,9-10H,2-4,6-7H2,1H3/b11-5-. The van der Waals surface area contributed by atoms with Gasteiger partial charge in [0, 0.05) is 26.1 Å². The summed E-state index contributed by atoms with van der Waals surface area (Å²) in [5.41, 5.74) is 0.484. The summed E-state index contributed by atoms with van der Waals surface area (Å²) in [6.07, 6.45) is -1.58. The van der Waals surface area contributed by atoms with Gasteiger partial charge < -0.3 is 4.90 Å². The first-order valence-corrected chi connectivity index (χ1v) is 5.89. The molecule has 2 bridgehead atoms. The predicted molar refractivity (Wildman–Crippen MR) is 57.2 cm³/mol. The van der Waals surface area contributed by atoms with E-state index in [0.29, 0.717) is 31.2 Å². The maximum atomic E-state index is 12.4. The molecule has 17 heavy (non-hydrogen) atoms. The maximum absolute atomic E-state index is 12.4. The van der Waals surface area contributed by atoms with Crippen molar-refractivity contribution >= 4 is 5.91 Å². The minimum Gasteiger partial charge on any atom is -0.342 e. The van der Waals surface area contributed by atoms with E-state index in [4.69, 9.17) is 0 Å². The van der Waals surface area contributed by atoms with E-state index in [1.54, 1.807) is 4.90 Å². The monoisotopic (exact) mass is 247 g/mol. The van der Waals surface area contributed by atoms with E-state index in [-0.39, 0.29) is 17.7 Å².